The maximum absolute atomic E-state index is 12.7. The van der Waals surface area contributed by atoms with Crippen LogP contribution in [-0.4, -0.2) is 23.6 Å². The highest BCUT2D eigenvalue weighted by Crippen LogP contribution is 2.39. The summed E-state index contributed by atoms with van der Waals surface area (Å²) in [5.74, 6) is -0.0648. The second-order valence-electron chi connectivity index (χ2n) is 7.65. The lowest BCUT2D eigenvalue weighted by atomic mass is 10.1. The van der Waals surface area contributed by atoms with Crippen LogP contribution in [0.4, 0.5) is 5.00 Å². The number of anilines is 1. The molecule has 2 aromatic heterocycles. The Morgan fingerprint density at radius 1 is 1.16 bits per heavy atom. The van der Waals surface area contributed by atoms with Crippen LogP contribution in [0.5, 0.6) is 0 Å². The van der Waals surface area contributed by atoms with E-state index in [9.17, 15) is 9.59 Å². The normalized spacial score (nSPS) is 12.3. The highest BCUT2D eigenvalue weighted by atomic mass is 32.1. The fraction of sp³-hybridized carbons (Fsp3) is 0.292. The Bertz CT molecular complexity index is 1210. The molecule has 1 amide bonds. The standard InChI is InChI=1S/C24H24N2O4S2/c1-4-29-23(28)20-16-6-5-7-19(16)32-22(20)26-24(31)25-21(27)18-11-10-17(30-18)15-9-8-13(2)14(3)12-15/h8-12H,4-7H2,1-3H3,(H2,25,26,27,31). The number of rotatable bonds is 5. The van der Waals surface area contributed by atoms with E-state index in [1.807, 2.05) is 32.0 Å². The molecule has 1 aliphatic rings. The van der Waals surface area contributed by atoms with Crippen LogP contribution in [0.25, 0.3) is 11.3 Å². The third kappa shape index (κ3) is 4.47. The Hall–Kier alpha value is -2.97. The predicted octanol–water partition coefficient (Wildman–Crippen LogP) is 5.42. The lowest BCUT2D eigenvalue weighted by Crippen LogP contribution is -2.34. The molecule has 166 valence electrons. The van der Waals surface area contributed by atoms with Crippen LogP contribution in [0, 0.1) is 13.8 Å². The Morgan fingerprint density at radius 3 is 2.72 bits per heavy atom. The maximum Gasteiger partial charge on any atom is 0.341 e. The van der Waals surface area contributed by atoms with Crippen LogP contribution in [0.15, 0.2) is 34.7 Å². The van der Waals surface area contributed by atoms with Crippen molar-refractivity contribution in [3.8, 4) is 11.3 Å². The molecule has 0 saturated heterocycles. The SMILES string of the molecule is CCOC(=O)c1c(NC(=S)NC(=O)c2ccc(-c3ccc(C)c(C)c3)o2)sc2c1CCC2. The van der Waals surface area contributed by atoms with Crippen molar-refractivity contribution in [1.82, 2.24) is 5.32 Å². The van der Waals surface area contributed by atoms with Gasteiger partial charge in [0.25, 0.3) is 5.91 Å². The topological polar surface area (TPSA) is 80.6 Å². The van der Waals surface area contributed by atoms with E-state index < -0.39 is 5.91 Å². The van der Waals surface area contributed by atoms with Crippen LogP contribution in [0.2, 0.25) is 0 Å². The summed E-state index contributed by atoms with van der Waals surface area (Å²) in [4.78, 5) is 26.3. The first kappa shape index (κ1) is 22.2. The number of esters is 1. The number of amides is 1. The second kappa shape index (κ2) is 9.26. The highest BCUT2D eigenvalue weighted by molar-refractivity contribution is 7.80. The zero-order chi connectivity index (χ0) is 22.8. The smallest absolute Gasteiger partial charge is 0.341 e. The highest BCUT2D eigenvalue weighted by Gasteiger charge is 2.28. The maximum atomic E-state index is 12.7. The number of nitrogens with one attached hydrogen (secondary N) is 2. The van der Waals surface area contributed by atoms with Crippen LogP contribution < -0.4 is 10.6 Å². The molecular weight excluding hydrogens is 444 g/mol. The molecule has 0 spiro atoms. The van der Waals surface area contributed by atoms with Crippen molar-refractivity contribution in [2.75, 3.05) is 11.9 Å². The number of ether oxygens (including phenoxy) is 1. The Kier molecular flexibility index (Phi) is 6.43. The van der Waals surface area contributed by atoms with E-state index in [1.165, 1.54) is 16.9 Å². The first-order valence-electron chi connectivity index (χ1n) is 10.5. The van der Waals surface area contributed by atoms with Gasteiger partial charge in [-0.15, -0.1) is 11.3 Å². The Labute approximate surface area is 196 Å². The van der Waals surface area contributed by atoms with Gasteiger partial charge >= 0.3 is 5.97 Å². The summed E-state index contributed by atoms with van der Waals surface area (Å²) in [7, 11) is 0. The largest absolute Gasteiger partial charge is 0.462 e. The van der Waals surface area contributed by atoms with E-state index in [0.29, 0.717) is 22.9 Å². The van der Waals surface area contributed by atoms with Crippen molar-refractivity contribution < 1.29 is 18.7 Å². The van der Waals surface area contributed by atoms with E-state index in [1.54, 1.807) is 19.1 Å². The molecule has 0 unspecified atom stereocenters. The lowest BCUT2D eigenvalue weighted by Gasteiger charge is -2.10. The summed E-state index contributed by atoms with van der Waals surface area (Å²) in [6.07, 6.45) is 2.80. The van der Waals surface area contributed by atoms with Crippen LogP contribution in [-0.2, 0) is 17.6 Å². The van der Waals surface area contributed by atoms with Crippen LogP contribution >= 0.6 is 23.6 Å². The number of furan rings is 1. The average Bonchev–Trinajstić information content (AvgIpc) is 3.46. The molecule has 1 aliphatic carbocycles. The summed E-state index contributed by atoms with van der Waals surface area (Å²) in [6, 6.07) is 9.38. The second-order valence-corrected chi connectivity index (χ2v) is 9.17. The molecule has 0 saturated carbocycles. The average molecular weight is 469 g/mol. The Morgan fingerprint density at radius 2 is 1.97 bits per heavy atom. The van der Waals surface area contributed by atoms with Gasteiger partial charge in [-0.2, -0.15) is 0 Å². The fourth-order valence-corrected chi connectivity index (χ4v) is 5.26. The quantitative estimate of drug-likeness (QED) is 0.385. The van der Waals surface area contributed by atoms with Gasteiger partial charge in [0.15, 0.2) is 10.9 Å². The van der Waals surface area contributed by atoms with E-state index in [4.69, 9.17) is 21.4 Å². The zero-order valence-electron chi connectivity index (χ0n) is 18.2. The van der Waals surface area contributed by atoms with E-state index in [0.717, 1.165) is 40.8 Å². The van der Waals surface area contributed by atoms with Gasteiger partial charge in [0.05, 0.1) is 12.2 Å². The molecule has 4 rings (SSSR count). The molecule has 0 bridgehead atoms. The van der Waals surface area contributed by atoms with Crippen molar-refractivity contribution in [2.45, 2.75) is 40.0 Å². The zero-order valence-corrected chi connectivity index (χ0v) is 19.8. The minimum Gasteiger partial charge on any atom is -0.462 e. The van der Waals surface area contributed by atoms with Gasteiger partial charge in [-0.25, -0.2) is 4.79 Å². The number of hydrogen-bond acceptors (Lipinski definition) is 6. The molecule has 2 heterocycles. The first-order valence-corrected chi connectivity index (χ1v) is 11.7. The van der Waals surface area contributed by atoms with E-state index >= 15 is 0 Å². The molecule has 0 atom stereocenters. The van der Waals surface area contributed by atoms with E-state index in [-0.39, 0.29) is 16.8 Å². The molecule has 1 aromatic carbocycles. The molecule has 0 fully saturated rings. The van der Waals surface area contributed by atoms with Gasteiger partial charge in [-0.05, 0) is 87.1 Å². The van der Waals surface area contributed by atoms with Gasteiger partial charge in [0.1, 0.15) is 10.8 Å². The summed E-state index contributed by atoms with van der Waals surface area (Å²) in [5.41, 5.74) is 4.79. The van der Waals surface area contributed by atoms with Crippen molar-refractivity contribution >= 4 is 45.5 Å². The molecule has 3 aromatic rings. The first-order chi connectivity index (χ1) is 15.4. The lowest BCUT2D eigenvalue weighted by molar-refractivity contribution is 0.0527. The summed E-state index contributed by atoms with van der Waals surface area (Å²) in [6.45, 7) is 6.15. The van der Waals surface area contributed by atoms with Crippen molar-refractivity contribution in [3.63, 3.8) is 0 Å². The number of thiophene rings is 1. The molecule has 0 aliphatic heterocycles. The number of aryl methyl sites for hydroxylation is 3. The van der Waals surface area contributed by atoms with Gasteiger partial charge in [0, 0.05) is 10.4 Å². The van der Waals surface area contributed by atoms with E-state index in [2.05, 4.69) is 10.6 Å². The van der Waals surface area contributed by atoms with Gasteiger partial charge in [-0.1, -0.05) is 12.1 Å². The monoisotopic (exact) mass is 468 g/mol. The van der Waals surface area contributed by atoms with Crippen molar-refractivity contribution in [3.05, 3.63) is 63.2 Å². The minimum atomic E-state index is -0.459. The third-order valence-electron chi connectivity index (χ3n) is 5.48. The minimum absolute atomic E-state index is 0.101. The summed E-state index contributed by atoms with van der Waals surface area (Å²) in [5, 5.41) is 6.35. The number of hydrogen-bond donors (Lipinski definition) is 2. The van der Waals surface area contributed by atoms with Gasteiger partial charge in [-0.3, -0.25) is 10.1 Å². The molecule has 0 radical (unpaired) electrons. The molecule has 8 heteroatoms. The van der Waals surface area contributed by atoms with Crippen molar-refractivity contribution in [1.29, 1.82) is 0 Å². The van der Waals surface area contributed by atoms with Crippen molar-refractivity contribution in [2.24, 2.45) is 0 Å². The molecular formula is C24H24N2O4S2. The number of carbonyl (C=O) groups is 2. The number of benzene rings is 1. The Balaban J connectivity index is 1.46. The van der Waals surface area contributed by atoms with Crippen LogP contribution in [0.3, 0.4) is 0 Å². The third-order valence-corrected chi connectivity index (χ3v) is 6.89. The van der Waals surface area contributed by atoms with Gasteiger partial charge in [0.2, 0.25) is 0 Å². The number of carbonyl (C=O) groups excluding carboxylic acids is 2. The molecule has 32 heavy (non-hydrogen) atoms. The number of fused-ring (bicyclic) bond motifs is 1. The summed E-state index contributed by atoms with van der Waals surface area (Å²) >= 11 is 6.82. The van der Waals surface area contributed by atoms with Gasteiger partial charge < -0.3 is 14.5 Å². The molecule has 2 N–H and O–H groups in total. The fourth-order valence-electron chi connectivity index (χ4n) is 3.72. The summed E-state index contributed by atoms with van der Waals surface area (Å²) < 4.78 is 11.0. The molecule has 6 nitrogen and oxygen atoms in total. The predicted molar refractivity (Wildman–Crippen MR) is 130 cm³/mol. The van der Waals surface area contributed by atoms with Crippen LogP contribution in [0.1, 0.15) is 55.8 Å². The number of thiocarbonyl (C=S) groups is 1.